The summed E-state index contributed by atoms with van der Waals surface area (Å²) in [5, 5.41) is 11.4. The maximum absolute atomic E-state index is 10.2. The van der Waals surface area contributed by atoms with E-state index in [1.807, 2.05) is 50.4 Å². The van der Waals surface area contributed by atoms with Gasteiger partial charge in [0.2, 0.25) is 0 Å². The number of carboxylic acids is 1. The van der Waals surface area contributed by atoms with E-state index in [1.165, 1.54) is 16.8 Å². The van der Waals surface area contributed by atoms with Gasteiger partial charge in [-0.15, -0.1) is 0 Å². The van der Waals surface area contributed by atoms with Crippen molar-refractivity contribution in [1.29, 1.82) is 0 Å². The molecule has 0 saturated heterocycles. The molecule has 0 aliphatic carbocycles. The summed E-state index contributed by atoms with van der Waals surface area (Å²) >= 11 is 0. The smallest absolute Gasteiger partial charge is 0.328 e. The number of aliphatic carboxylic acids is 1. The van der Waals surface area contributed by atoms with Gasteiger partial charge in [-0.05, 0) is 37.1 Å². The highest BCUT2D eigenvalue weighted by atomic mass is 16.4. The van der Waals surface area contributed by atoms with Gasteiger partial charge in [-0.3, -0.25) is 0 Å². The molecule has 3 heteroatoms. The van der Waals surface area contributed by atoms with Gasteiger partial charge >= 0.3 is 5.97 Å². The number of benzene rings is 2. The van der Waals surface area contributed by atoms with Crippen molar-refractivity contribution in [2.45, 2.75) is 13.8 Å². The Balaban J connectivity index is 0.000000219. The van der Waals surface area contributed by atoms with Gasteiger partial charge in [-0.25, -0.2) is 4.79 Å². The van der Waals surface area contributed by atoms with Gasteiger partial charge in [0.1, 0.15) is 0 Å². The van der Waals surface area contributed by atoms with Gasteiger partial charge in [0.25, 0.3) is 0 Å². The van der Waals surface area contributed by atoms with Crippen molar-refractivity contribution in [3.05, 3.63) is 71.3 Å². The molecule has 2 rings (SSSR count). The largest absolute Gasteiger partial charge is 0.478 e. The molecule has 0 unspecified atom stereocenters. The number of carboxylic acid groups (broad SMARTS) is 1. The second-order valence-corrected chi connectivity index (χ2v) is 4.65. The first-order chi connectivity index (χ1) is 10.0. The van der Waals surface area contributed by atoms with Crippen LogP contribution in [-0.2, 0) is 4.79 Å². The number of aryl methyl sites for hydroxylation is 2. The zero-order chi connectivity index (χ0) is 15.7. The van der Waals surface area contributed by atoms with Crippen LogP contribution >= 0.6 is 0 Å². The zero-order valence-electron chi connectivity index (χ0n) is 12.6. The lowest BCUT2D eigenvalue weighted by atomic mass is 10.1. The Morgan fingerprint density at radius 3 is 2.14 bits per heavy atom. The summed E-state index contributed by atoms with van der Waals surface area (Å²) in [5.41, 5.74) is 4.57. The predicted molar refractivity (Wildman–Crippen MR) is 88.6 cm³/mol. The van der Waals surface area contributed by atoms with Crippen molar-refractivity contribution in [2.75, 3.05) is 12.4 Å². The molecular weight excluding hydrogens is 262 g/mol. The quantitative estimate of drug-likeness (QED) is 0.833. The molecule has 2 aromatic rings. The van der Waals surface area contributed by atoms with E-state index >= 15 is 0 Å². The Morgan fingerprint density at radius 2 is 1.67 bits per heavy atom. The lowest BCUT2D eigenvalue weighted by molar-refractivity contribution is -0.131. The summed E-state index contributed by atoms with van der Waals surface area (Å²) in [6.07, 6.45) is 2.70. The SMILES string of the molecule is CNc1ccccc1C.Cc1ccc(/C=C/C(=O)O)cc1. The summed E-state index contributed by atoms with van der Waals surface area (Å²) in [6, 6.07) is 15.9. The highest BCUT2D eigenvalue weighted by Gasteiger charge is 1.89. The Kier molecular flexibility index (Phi) is 6.75. The first-order valence-electron chi connectivity index (χ1n) is 6.74. The van der Waals surface area contributed by atoms with Crippen molar-refractivity contribution >= 4 is 17.7 Å². The fourth-order valence-electron chi connectivity index (χ4n) is 1.70. The number of carbonyl (C=O) groups is 1. The molecule has 0 saturated carbocycles. The molecule has 21 heavy (non-hydrogen) atoms. The normalized spacial score (nSPS) is 9.86. The molecule has 0 aliphatic heterocycles. The molecule has 0 heterocycles. The number of rotatable bonds is 3. The fraction of sp³-hybridized carbons (Fsp3) is 0.167. The summed E-state index contributed by atoms with van der Waals surface area (Å²) in [5.74, 6) is -0.921. The Morgan fingerprint density at radius 1 is 1.05 bits per heavy atom. The van der Waals surface area contributed by atoms with Crippen LogP contribution in [0.2, 0.25) is 0 Å². The average molecular weight is 283 g/mol. The summed E-state index contributed by atoms with van der Waals surface area (Å²) in [4.78, 5) is 10.2. The number of hydrogen-bond donors (Lipinski definition) is 2. The molecule has 0 spiro atoms. The second kappa shape index (κ2) is 8.59. The standard InChI is InChI=1S/C10H10O2.C8H11N/c1-8-2-4-9(5-3-8)6-7-10(11)12;1-7-5-3-4-6-8(7)9-2/h2-7H,1H3,(H,11,12);3-6,9H,1-2H3/b7-6+;. The zero-order valence-corrected chi connectivity index (χ0v) is 12.6. The van der Waals surface area contributed by atoms with Crippen molar-refractivity contribution in [3.8, 4) is 0 Å². The van der Waals surface area contributed by atoms with Crippen molar-refractivity contribution in [3.63, 3.8) is 0 Å². The minimum absolute atomic E-state index is 0.906. The second-order valence-electron chi connectivity index (χ2n) is 4.65. The topological polar surface area (TPSA) is 49.3 Å². The monoisotopic (exact) mass is 283 g/mol. The number of para-hydroxylation sites is 1. The highest BCUT2D eigenvalue weighted by Crippen LogP contribution is 2.10. The van der Waals surface area contributed by atoms with Crippen molar-refractivity contribution in [1.82, 2.24) is 0 Å². The van der Waals surface area contributed by atoms with Crippen LogP contribution in [0.1, 0.15) is 16.7 Å². The molecule has 3 nitrogen and oxygen atoms in total. The molecule has 0 aliphatic rings. The highest BCUT2D eigenvalue weighted by molar-refractivity contribution is 5.85. The molecule has 0 radical (unpaired) electrons. The molecule has 0 amide bonds. The van der Waals surface area contributed by atoms with E-state index in [9.17, 15) is 4.79 Å². The lowest BCUT2D eigenvalue weighted by Crippen LogP contribution is -1.89. The van der Waals surface area contributed by atoms with Gasteiger partial charge in [-0.1, -0.05) is 48.0 Å². The minimum atomic E-state index is -0.921. The summed E-state index contributed by atoms with van der Waals surface area (Å²) < 4.78 is 0. The van der Waals surface area contributed by atoms with E-state index in [0.717, 1.165) is 11.6 Å². The van der Waals surface area contributed by atoms with Crippen molar-refractivity contribution in [2.24, 2.45) is 0 Å². The molecule has 0 aromatic heterocycles. The van der Waals surface area contributed by atoms with Crippen LogP contribution in [0.15, 0.2) is 54.6 Å². The molecule has 0 bridgehead atoms. The van der Waals surface area contributed by atoms with Crippen molar-refractivity contribution < 1.29 is 9.90 Å². The maximum atomic E-state index is 10.2. The van der Waals surface area contributed by atoms with Gasteiger partial charge in [0.05, 0.1) is 0 Å². The van der Waals surface area contributed by atoms with E-state index in [4.69, 9.17) is 5.11 Å². The van der Waals surface area contributed by atoms with Crippen LogP contribution < -0.4 is 5.32 Å². The van der Waals surface area contributed by atoms with Crippen LogP contribution in [0.25, 0.3) is 6.08 Å². The van der Waals surface area contributed by atoms with Crippen LogP contribution in [0.5, 0.6) is 0 Å². The van der Waals surface area contributed by atoms with Crippen LogP contribution in [-0.4, -0.2) is 18.1 Å². The molecule has 2 aromatic carbocycles. The number of anilines is 1. The maximum Gasteiger partial charge on any atom is 0.328 e. The van der Waals surface area contributed by atoms with E-state index in [-0.39, 0.29) is 0 Å². The van der Waals surface area contributed by atoms with Crippen LogP contribution in [0.3, 0.4) is 0 Å². The third kappa shape index (κ3) is 6.43. The average Bonchev–Trinajstić information content (AvgIpc) is 2.48. The molecular formula is C18H21NO2. The Bertz CT molecular complexity index is 601. The summed E-state index contributed by atoms with van der Waals surface area (Å²) in [6.45, 7) is 4.08. The summed E-state index contributed by atoms with van der Waals surface area (Å²) in [7, 11) is 1.93. The Labute approximate surface area is 125 Å². The fourth-order valence-corrected chi connectivity index (χ4v) is 1.70. The molecule has 2 N–H and O–H groups in total. The van der Waals surface area contributed by atoms with E-state index in [0.29, 0.717) is 0 Å². The molecule has 110 valence electrons. The Hall–Kier alpha value is -2.55. The van der Waals surface area contributed by atoms with E-state index in [2.05, 4.69) is 24.4 Å². The predicted octanol–water partition coefficient (Wildman–Crippen LogP) is 4.13. The third-order valence-corrected chi connectivity index (χ3v) is 2.91. The van der Waals surface area contributed by atoms with Gasteiger partial charge in [-0.2, -0.15) is 0 Å². The van der Waals surface area contributed by atoms with E-state index < -0.39 is 5.97 Å². The van der Waals surface area contributed by atoms with Gasteiger partial charge in [0, 0.05) is 18.8 Å². The molecule has 0 fully saturated rings. The van der Waals surface area contributed by atoms with Gasteiger partial charge < -0.3 is 10.4 Å². The van der Waals surface area contributed by atoms with Gasteiger partial charge in [0.15, 0.2) is 0 Å². The lowest BCUT2D eigenvalue weighted by Gasteiger charge is -2.01. The van der Waals surface area contributed by atoms with Crippen LogP contribution in [0, 0.1) is 13.8 Å². The minimum Gasteiger partial charge on any atom is -0.478 e. The third-order valence-electron chi connectivity index (χ3n) is 2.91. The number of nitrogens with one attached hydrogen (secondary N) is 1. The van der Waals surface area contributed by atoms with Crippen LogP contribution in [0.4, 0.5) is 5.69 Å². The molecule has 0 atom stereocenters. The first-order valence-corrected chi connectivity index (χ1v) is 6.74. The number of hydrogen-bond acceptors (Lipinski definition) is 2. The van der Waals surface area contributed by atoms with E-state index in [1.54, 1.807) is 6.08 Å². The first kappa shape index (κ1) is 16.5.